The topological polar surface area (TPSA) is 75.4 Å². The number of hydrogen-bond donors (Lipinski definition) is 2. The zero-order chi connectivity index (χ0) is 12.3. The summed E-state index contributed by atoms with van der Waals surface area (Å²) in [5, 5.41) is 0. The van der Waals surface area contributed by atoms with Crippen molar-refractivity contribution in [2.24, 2.45) is 17.6 Å². The maximum absolute atomic E-state index is 11.9. The summed E-state index contributed by atoms with van der Waals surface area (Å²) < 4.78 is 28.0. The Labute approximate surface area is 98.6 Å². The lowest BCUT2D eigenvalue weighted by molar-refractivity contribution is 0.220. The van der Waals surface area contributed by atoms with E-state index in [9.17, 15) is 8.42 Å². The second kappa shape index (κ2) is 5.44. The second-order valence-electron chi connectivity index (χ2n) is 5.09. The van der Waals surface area contributed by atoms with Crippen LogP contribution in [0.4, 0.5) is 0 Å². The van der Waals surface area contributed by atoms with E-state index in [1.165, 1.54) is 4.31 Å². The van der Waals surface area contributed by atoms with E-state index in [0.29, 0.717) is 31.5 Å². The smallest absolute Gasteiger partial charge is 0.279 e. The molecule has 5 nitrogen and oxygen atoms in total. The highest BCUT2D eigenvalue weighted by Crippen LogP contribution is 2.22. The van der Waals surface area contributed by atoms with Crippen molar-refractivity contribution >= 4 is 10.2 Å². The van der Waals surface area contributed by atoms with Crippen molar-refractivity contribution in [2.75, 3.05) is 19.6 Å². The predicted molar refractivity (Wildman–Crippen MR) is 65.1 cm³/mol. The average molecular weight is 249 g/mol. The van der Waals surface area contributed by atoms with Crippen LogP contribution in [0.2, 0.25) is 0 Å². The summed E-state index contributed by atoms with van der Waals surface area (Å²) in [6.45, 7) is 7.47. The summed E-state index contributed by atoms with van der Waals surface area (Å²) in [6.07, 6.45) is 1.10. The molecule has 3 atom stereocenters. The van der Waals surface area contributed by atoms with Crippen LogP contribution in [-0.2, 0) is 10.2 Å². The molecule has 1 fully saturated rings. The van der Waals surface area contributed by atoms with E-state index in [2.05, 4.69) is 18.6 Å². The van der Waals surface area contributed by atoms with E-state index in [1.807, 2.05) is 0 Å². The molecule has 6 heteroatoms. The number of nitrogens with two attached hydrogens (primary N) is 1. The SMILES string of the molecule is CC(N)CNS(=O)(=O)N1CC(C)CC(C)C1. The highest BCUT2D eigenvalue weighted by molar-refractivity contribution is 7.87. The molecule has 0 bridgehead atoms. The number of rotatable bonds is 4. The van der Waals surface area contributed by atoms with Gasteiger partial charge in [0.25, 0.3) is 10.2 Å². The Morgan fingerprint density at radius 2 is 1.88 bits per heavy atom. The summed E-state index contributed by atoms with van der Waals surface area (Å²) >= 11 is 0. The molecular formula is C10H23N3O2S. The Bertz CT molecular complexity index is 306. The van der Waals surface area contributed by atoms with E-state index < -0.39 is 10.2 Å². The quantitative estimate of drug-likeness (QED) is 0.744. The van der Waals surface area contributed by atoms with Crippen LogP contribution in [0.25, 0.3) is 0 Å². The minimum absolute atomic E-state index is 0.158. The largest absolute Gasteiger partial charge is 0.327 e. The van der Waals surface area contributed by atoms with Gasteiger partial charge in [0, 0.05) is 25.7 Å². The summed E-state index contributed by atoms with van der Waals surface area (Å²) in [5.74, 6) is 0.853. The van der Waals surface area contributed by atoms with Gasteiger partial charge in [-0.05, 0) is 25.2 Å². The van der Waals surface area contributed by atoms with Crippen molar-refractivity contribution in [3.05, 3.63) is 0 Å². The predicted octanol–water partition coefficient (Wildman–Crippen LogP) is 0.146. The molecule has 0 aromatic rings. The van der Waals surface area contributed by atoms with Crippen LogP contribution in [-0.4, -0.2) is 38.4 Å². The molecule has 0 saturated carbocycles. The van der Waals surface area contributed by atoms with Gasteiger partial charge in [-0.25, -0.2) is 4.72 Å². The Morgan fingerprint density at radius 3 is 2.31 bits per heavy atom. The second-order valence-corrected chi connectivity index (χ2v) is 6.85. The first-order chi connectivity index (χ1) is 7.31. The molecule has 0 aromatic carbocycles. The van der Waals surface area contributed by atoms with E-state index >= 15 is 0 Å². The number of hydrogen-bond acceptors (Lipinski definition) is 3. The van der Waals surface area contributed by atoms with Crippen molar-refractivity contribution in [3.8, 4) is 0 Å². The molecule has 16 heavy (non-hydrogen) atoms. The first kappa shape index (κ1) is 13.9. The maximum atomic E-state index is 11.9. The monoisotopic (exact) mass is 249 g/mol. The third kappa shape index (κ3) is 4.01. The molecule has 1 aliphatic heterocycles. The molecule has 1 rings (SSSR count). The Hall–Kier alpha value is -0.170. The van der Waals surface area contributed by atoms with Crippen LogP contribution in [0.5, 0.6) is 0 Å². The van der Waals surface area contributed by atoms with Gasteiger partial charge in [0.05, 0.1) is 0 Å². The molecule has 1 aliphatic rings. The normalized spacial score (nSPS) is 30.2. The molecular weight excluding hydrogens is 226 g/mol. The van der Waals surface area contributed by atoms with Gasteiger partial charge in [-0.15, -0.1) is 0 Å². The molecule has 96 valence electrons. The number of nitrogens with zero attached hydrogens (tertiary/aromatic N) is 1. The number of nitrogens with one attached hydrogen (secondary N) is 1. The van der Waals surface area contributed by atoms with Crippen LogP contribution in [0.15, 0.2) is 0 Å². The van der Waals surface area contributed by atoms with Gasteiger partial charge in [0.1, 0.15) is 0 Å². The standard InChI is InChI=1S/C10H23N3O2S/c1-8-4-9(2)7-13(6-8)16(14,15)12-5-10(3)11/h8-10,12H,4-7,11H2,1-3H3. The van der Waals surface area contributed by atoms with E-state index in [0.717, 1.165) is 6.42 Å². The summed E-state index contributed by atoms with van der Waals surface area (Å²) in [4.78, 5) is 0. The fraction of sp³-hybridized carbons (Fsp3) is 1.00. The first-order valence-corrected chi connectivity index (χ1v) is 7.25. The minimum Gasteiger partial charge on any atom is -0.327 e. The molecule has 0 aromatic heterocycles. The highest BCUT2D eigenvalue weighted by Gasteiger charge is 2.30. The van der Waals surface area contributed by atoms with Gasteiger partial charge < -0.3 is 5.73 Å². The third-order valence-electron chi connectivity index (χ3n) is 2.76. The van der Waals surface area contributed by atoms with Crippen LogP contribution in [0, 0.1) is 11.8 Å². The lowest BCUT2D eigenvalue weighted by Crippen LogP contribution is -2.49. The highest BCUT2D eigenvalue weighted by atomic mass is 32.2. The molecule has 3 N–H and O–H groups in total. The third-order valence-corrected chi connectivity index (χ3v) is 4.27. The fourth-order valence-corrected chi connectivity index (χ4v) is 3.69. The Kier molecular flexibility index (Phi) is 4.73. The minimum atomic E-state index is -3.34. The molecule has 0 aliphatic carbocycles. The molecule has 0 amide bonds. The Balaban J connectivity index is 2.60. The summed E-state index contributed by atoms with van der Waals surface area (Å²) in [5.41, 5.74) is 5.54. The molecule has 0 spiro atoms. The van der Waals surface area contributed by atoms with Crippen molar-refractivity contribution in [2.45, 2.75) is 33.2 Å². The molecule has 0 radical (unpaired) electrons. The van der Waals surface area contributed by atoms with Crippen molar-refractivity contribution < 1.29 is 8.42 Å². The van der Waals surface area contributed by atoms with E-state index in [-0.39, 0.29) is 6.04 Å². The van der Waals surface area contributed by atoms with Crippen molar-refractivity contribution in [1.82, 2.24) is 9.03 Å². The van der Waals surface area contributed by atoms with Crippen molar-refractivity contribution in [1.29, 1.82) is 0 Å². The average Bonchev–Trinajstić information content (AvgIpc) is 2.13. The first-order valence-electron chi connectivity index (χ1n) is 5.81. The van der Waals surface area contributed by atoms with Crippen LogP contribution >= 0.6 is 0 Å². The van der Waals surface area contributed by atoms with Crippen LogP contribution in [0.3, 0.4) is 0 Å². The maximum Gasteiger partial charge on any atom is 0.279 e. The van der Waals surface area contributed by atoms with E-state index in [4.69, 9.17) is 5.73 Å². The van der Waals surface area contributed by atoms with Crippen LogP contribution in [0.1, 0.15) is 27.2 Å². The fourth-order valence-electron chi connectivity index (χ4n) is 2.13. The summed E-state index contributed by atoms with van der Waals surface area (Å²) in [6, 6.07) is -0.158. The van der Waals surface area contributed by atoms with Crippen molar-refractivity contribution in [3.63, 3.8) is 0 Å². The van der Waals surface area contributed by atoms with E-state index in [1.54, 1.807) is 6.92 Å². The van der Waals surface area contributed by atoms with Gasteiger partial charge in [-0.1, -0.05) is 13.8 Å². The van der Waals surface area contributed by atoms with Gasteiger partial charge in [-0.3, -0.25) is 0 Å². The van der Waals surface area contributed by atoms with Crippen LogP contribution < -0.4 is 10.5 Å². The van der Waals surface area contributed by atoms with Gasteiger partial charge >= 0.3 is 0 Å². The van der Waals surface area contributed by atoms with Gasteiger partial charge in [0.2, 0.25) is 0 Å². The molecule has 1 saturated heterocycles. The molecule has 3 unspecified atom stereocenters. The zero-order valence-electron chi connectivity index (χ0n) is 10.3. The zero-order valence-corrected chi connectivity index (χ0v) is 11.1. The molecule has 1 heterocycles. The summed E-state index contributed by atoms with van der Waals surface area (Å²) in [7, 11) is -3.34. The Morgan fingerprint density at radius 1 is 1.38 bits per heavy atom. The van der Waals surface area contributed by atoms with Gasteiger partial charge in [-0.2, -0.15) is 12.7 Å². The lowest BCUT2D eigenvalue weighted by atomic mass is 9.94. The van der Waals surface area contributed by atoms with Gasteiger partial charge in [0.15, 0.2) is 0 Å². The number of piperidine rings is 1. The lowest BCUT2D eigenvalue weighted by Gasteiger charge is -2.34.